The fourth-order valence-corrected chi connectivity index (χ4v) is 5.07. The van der Waals surface area contributed by atoms with Gasteiger partial charge in [-0.2, -0.15) is 0 Å². The highest BCUT2D eigenvalue weighted by molar-refractivity contribution is 7.85. The Morgan fingerprint density at radius 2 is 1.80 bits per heavy atom. The first-order valence-corrected chi connectivity index (χ1v) is 10.2. The van der Waals surface area contributed by atoms with E-state index in [0.717, 1.165) is 25.7 Å². The highest BCUT2D eigenvalue weighted by Crippen LogP contribution is 2.40. The SMILES string of the molecule is CC(C)[S@](=O)c1ccc(C(=O)N2[C@@H]3CCCC[C@@H]3C[C@H]2C(=O)O)cc1. The van der Waals surface area contributed by atoms with Crippen LogP contribution in [0.2, 0.25) is 0 Å². The topological polar surface area (TPSA) is 74.7 Å². The highest BCUT2D eigenvalue weighted by atomic mass is 32.2. The van der Waals surface area contributed by atoms with Crippen LogP contribution < -0.4 is 0 Å². The van der Waals surface area contributed by atoms with E-state index in [-0.39, 0.29) is 17.2 Å². The Kier molecular flexibility index (Phi) is 5.27. The summed E-state index contributed by atoms with van der Waals surface area (Å²) in [5.74, 6) is -0.838. The predicted molar refractivity (Wildman–Crippen MR) is 95.9 cm³/mol. The van der Waals surface area contributed by atoms with Crippen molar-refractivity contribution in [2.24, 2.45) is 5.92 Å². The first-order chi connectivity index (χ1) is 11.9. The highest BCUT2D eigenvalue weighted by Gasteiger charge is 2.47. The molecule has 1 heterocycles. The molecule has 1 N–H and O–H groups in total. The Morgan fingerprint density at radius 3 is 2.40 bits per heavy atom. The largest absolute Gasteiger partial charge is 0.480 e. The van der Waals surface area contributed by atoms with Gasteiger partial charge in [-0.3, -0.25) is 9.00 Å². The number of carbonyl (C=O) groups is 2. The maximum absolute atomic E-state index is 13.0. The van der Waals surface area contributed by atoms with Gasteiger partial charge in [0.05, 0.1) is 10.8 Å². The smallest absolute Gasteiger partial charge is 0.326 e. The second-order valence-corrected chi connectivity index (χ2v) is 9.29. The van der Waals surface area contributed by atoms with Crippen LogP contribution in [-0.4, -0.2) is 43.4 Å². The van der Waals surface area contributed by atoms with Crippen molar-refractivity contribution in [3.63, 3.8) is 0 Å². The summed E-state index contributed by atoms with van der Waals surface area (Å²) in [5, 5.41) is 9.58. The van der Waals surface area contributed by atoms with Crippen LogP contribution in [0.15, 0.2) is 29.2 Å². The van der Waals surface area contributed by atoms with Gasteiger partial charge in [0.2, 0.25) is 0 Å². The number of nitrogens with zero attached hydrogens (tertiary/aromatic N) is 1. The van der Waals surface area contributed by atoms with Crippen LogP contribution in [0.5, 0.6) is 0 Å². The van der Waals surface area contributed by atoms with Gasteiger partial charge in [-0.15, -0.1) is 0 Å². The van der Waals surface area contributed by atoms with Crippen molar-refractivity contribution in [2.45, 2.75) is 68.2 Å². The van der Waals surface area contributed by atoms with Crippen LogP contribution in [0.3, 0.4) is 0 Å². The number of likely N-dealkylation sites (tertiary alicyclic amines) is 1. The standard InChI is InChI=1S/C19H25NO4S/c1-12(2)25(24)15-9-7-13(8-10-15)18(21)20-16-6-4-3-5-14(16)11-17(20)19(22)23/h7-10,12,14,16-17H,3-6,11H2,1-2H3,(H,22,23)/t14-,16-,17+,25+/m1/s1. The summed E-state index contributed by atoms with van der Waals surface area (Å²) >= 11 is 0. The van der Waals surface area contributed by atoms with Gasteiger partial charge in [-0.05, 0) is 49.4 Å². The normalized spacial score (nSPS) is 27.2. The molecule has 1 aromatic rings. The third-order valence-corrected chi connectivity index (χ3v) is 6.96. The second-order valence-electron chi connectivity index (χ2n) is 7.28. The molecular weight excluding hydrogens is 338 g/mol. The average Bonchev–Trinajstić information content (AvgIpc) is 3.00. The van der Waals surface area contributed by atoms with E-state index in [0.29, 0.717) is 22.8 Å². The zero-order chi connectivity index (χ0) is 18.1. The number of hydrogen-bond acceptors (Lipinski definition) is 3. The average molecular weight is 363 g/mol. The van der Waals surface area contributed by atoms with Gasteiger partial charge in [0.25, 0.3) is 5.91 Å². The Balaban J connectivity index is 1.85. The van der Waals surface area contributed by atoms with Crippen LogP contribution in [0, 0.1) is 5.92 Å². The zero-order valence-corrected chi connectivity index (χ0v) is 15.5. The number of carboxylic acids is 1. The molecule has 0 unspecified atom stereocenters. The number of aliphatic carboxylic acids is 1. The molecule has 1 aromatic carbocycles. The molecule has 1 saturated carbocycles. The van der Waals surface area contributed by atoms with E-state index < -0.39 is 22.8 Å². The third-order valence-electron chi connectivity index (χ3n) is 5.37. The summed E-state index contributed by atoms with van der Waals surface area (Å²) in [6.45, 7) is 3.78. The summed E-state index contributed by atoms with van der Waals surface area (Å²) in [7, 11) is -1.10. The van der Waals surface area contributed by atoms with Gasteiger partial charge in [-0.25, -0.2) is 4.79 Å². The number of benzene rings is 1. The molecule has 1 amide bonds. The molecule has 3 rings (SSSR count). The third kappa shape index (κ3) is 3.50. The van der Waals surface area contributed by atoms with E-state index in [1.165, 1.54) is 0 Å². The van der Waals surface area contributed by atoms with Gasteiger partial charge in [0, 0.05) is 21.8 Å². The lowest BCUT2D eigenvalue weighted by atomic mass is 9.84. The van der Waals surface area contributed by atoms with Crippen LogP contribution in [0.1, 0.15) is 56.3 Å². The van der Waals surface area contributed by atoms with E-state index >= 15 is 0 Å². The summed E-state index contributed by atoms with van der Waals surface area (Å²) in [5.41, 5.74) is 0.474. The minimum absolute atomic E-state index is 0.0134. The Bertz CT molecular complexity index is 685. The molecule has 0 radical (unpaired) electrons. The molecule has 1 aliphatic carbocycles. The van der Waals surface area contributed by atoms with E-state index in [9.17, 15) is 18.9 Å². The first kappa shape index (κ1) is 18.1. The number of carboxylic acid groups (broad SMARTS) is 1. The number of hydrogen-bond donors (Lipinski definition) is 1. The van der Waals surface area contributed by atoms with Gasteiger partial charge >= 0.3 is 5.97 Å². The van der Waals surface area contributed by atoms with Crippen molar-refractivity contribution in [1.82, 2.24) is 4.90 Å². The fourth-order valence-electron chi connectivity index (χ4n) is 4.13. The van der Waals surface area contributed by atoms with Gasteiger partial charge in [0.15, 0.2) is 0 Å². The maximum Gasteiger partial charge on any atom is 0.326 e. The molecule has 2 fully saturated rings. The number of rotatable bonds is 4. The summed E-state index contributed by atoms with van der Waals surface area (Å²) in [4.78, 5) is 27.0. The minimum Gasteiger partial charge on any atom is -0.480 e. The Morgan fingerprint density at radius 1 is 1.16 bits per heavy atom. The molecule has 0 aromatic heterocycles. The first-order valence-electron chi connectivity index (χ1n) is 8.96. The van der Waals surface area contributed by atoms with Crippen LogP contribution in [0.25, 0.3) is 0 Å². The van der Waals surface area contributed by atoms with E-state index in [2.05, 4.69) is 0 Å². The summed E-state index contributed by atoms with van der Waals surface area (Å²) in [6.07, 6.45) is 4.61. The number of carbonyl (C=O) groups excluding carboxylic acids is 1. The van der Waals surface area contributed by atoms with Crippen LogP contribution in [-0.2, 0) is 15.6 Å². The molecule has 5 nitrogen and oxygen atoms in total. The van der Waals surface area contributed by atoms with Crippen molar-refractivity contribution in [3.05, 3.63) is 29.8 Å². The van der Waals surface area contributed by atoms with Crippen LogP contribution in [0.4, 0.5) is 0 Å². The van der Waals surface area contributed by atoms with Crippen molar-refractivity contribution in [1.29, 1.82) is 0 Å². The lowest BCUT2D eigenvalue weighted by Gasteiger charge is -2.33. The predicted octanol–water partition coefficient (Wildman–Crippen LogP) is 3.06. The quantitative estimate of drug-likeness (QED) is 0.892. The van der Waals surface area contributed by atoms with E-state index in [1.54, 1.807) is 29.2 Å². The maximum atomic E-state index is 13.0. The Labute approximate surface area is 150 Å². The summed E-state index contributed by atoms with van der Waals surface area (Å²) < 4.78 is 12.1. The van der Waals surface area contributed by atoms with Crippen molar-refractivity contribution >= 4 is 22.7 Å². The van der Waals surface area contributed by atoms with Crippen molar-refractivity contribution < 1.29 is 18.9 Å². The Hall–Kier alpha value is -1.69. The van der Waals surface area contributed by atoms with E-state index in [4.69, 9.17) is 0 Å². The van der Waals surface area contributed by atoms with Crippen molar-refractivity contribution in [3.8, 4) is 0 Å². The molecular formula is C19H25NO4S. The molecule has 0 bridgehead atoms. The van der Waals surface area contributed by atoms with Gasteiger partial charge in [0.1, 0.15) is 6.04 Å². The minimum atomic E-state index is -1.10. The lowest BCUT2D eigenvalue weighted by molar-refractivity contribution is -0.141. The second kappa shape index (κ2) is 7.28. The lowest BCUT2D eigenvalue weighted by Crippen LogP contribution is -2.46. The number of amides is 1. The monoisotopic (exact) mass is 363 g/mol. The zero-order valence-electron chi connectivity index (χ0n) is 14.7. The molecule has 25 heavy (non-hydrogen) atoms. The van der Waals surface area contributed by atoms with Gasteiger partial charge < -0.3 is 10.0 Å². The fraction of sp³-hybridized carbons (Fsp3) is 0.579. The molecule has 0 spiro atoms. The van der Waals surface area contributed by atoms with Gasteiger partial charge in [-0.1, -0.05) is 26.7 Å². The molecule has 1 saturated heterocycles. The van der Waals surface area contributed by atoms with Crippen LogP contribution >= 0.6 is 0 Å². The molecule has 4 atom stereocenters. The van der Waals surface area contributed by atoms with Crippen molar-refractivity contribution in [2.75, 3.05) is 0 Å². The molecule has 1 aliphatic heterocycles. The summed E-state index contributed by atoms with van der Waals surface area (Å²) in [6, 6.07) is 6.08. The molecule has 6 heteroatoms. The number of fused-ring (bicyclic) bond motifs is 1. The van der Waals surface area contributed by atoms with E-state index in [1.807, 2.05) is 13.8 Å². The molecule has 136 valence electrons. The molecule has 2 aliphatic rings.